The van der Waals surface area contributed by atoms with Crippen LogP contribution in [0.1, 0.15) is 36.3 Å². The van der Waals surface area contributed by atoms with Crippen LogP contribution in [0.15, 0.2) is 5.38 Å². The number of thiazole rings is 1. The molecule has 18 heavy (non-hydrogen) atoms. The van der Waals surface area contributed by atoms with Crippen LogP contribution in [0.3, 0.4) is 0 Å². The minimum atomic E-state index is 0.310. The molecule has 0 bridgehead atoms. The van der Waals surface area contributed by atoms with Crippen LogP contribution in [0.5, 0.6) is 0 Å². The van der Waals surface area contributed by atoms with Crippen LogP contribution in [-0.4, -0.2) is 24.8 Å². The normalized spacial score (nSPS) is 11.7. The van der Waals surface area contributed by atoms with Gasteiger partial charge in [-0.2, -0.15) is 9.61 Å². The summed E-state index contributed by atoms with van der Waals surface area (Å²) in [6.07, 6.45) is 0.694. The van der Waals surface area contributed by atoms with Crippen molar-refractivity contribution in [2.75, 3.05) is 5.73 Å². The molecule has 3 aromatic heterocycles. The first-order chi connectivity index (χ1) is 8.63. The van der Waals surface area contributed by atoms with Crippen molar-refractivity contribution in [3.63, 3.8) is 0 Å². The third-order valence-corrected chi connectivity index (χ3v) is 4.10. The van der Waals surface area contributed by atoms with Gasteiger partial charge in [-0.05, 0) is 0 Å². The van der Waals surface area contributed by atoms with Gasteiger partial charge >= 0.3 is 0 Å². The Hall–Kier alpha value is -1.54. The van der Waals surface area contributed by atoms with E-state index < -0.39 is 0 Å². The minimum Gasteiger partial charge on any atom is -0.375 e. The molecule has 0 radical (unpaired) electrons. The number of nitrogens with two attached hydrogens (primary N) is 1. The lowest BCUT2D eigenvalue weighted by Gasteiger charge is -1.97. The second kappa shape index (κ2) is 4.29. The average Bonchev–Trinajstić information content (AvgIpc) is 2.93. The van der Waals surface area contributed by atoms with E-state index in [0.717, 1.165) is 21.5 Å². The molecule has 0 fully saturated rings. The molecule has 0 saturated carbocycles. The van der Waals surface area contributed by atoms with Gasteiger partial charge < -0.3 is 5.73 Å². The van der Waals surface area contributed by atoms with Crippen LogP contribution in [0.4, 0.5) is 5.13 Å². The van der Waals surface area contributed by atoms with E-state index in [0.29, 0.717) is 17.5 Å². The van der Waals surface area contributed by atoms with Gasteiger partial charge in [-0.25, -0.2) is 4.98 Å². The molecule has 2 N–H and O–H groups in total. The maximum atomic E-state index is 5.61. The minimum absolute atomic E-state index is 0.310. The van der Waals surface area contributed by atoms with Crippen LogP contribution < -0.4 is 5.73 Å². The van der Waals surface area contributed by atoms with Crippen molar-refractivity contribution >= 4 is 32.8 Å². The fraction of sp³-hybridized carbons (Fsp3) is 0.400. The molecule has 6 nitrogen and oxygen atoms in total. The summed E-state index contributed by atoms with van der Waals surface area (Å²) in [6, 6.07) is 0. The van der Waals surface area contributed by atoms with Gasteiger partial charge in [0.2, 0.25) is 4.96 Å². The molecular formula is C10H12N6S2. The number of fused-ring (bicyclic) bond motifs is 1. The lowest BCUT2D eigenvalue weighted by atomic mass is 10.2. The van der Waals surface area contributed by atoms with E-state index in [4.69, 9.17) is 5.73 Å². The molecule has 0 aliphatic rings. The summed E-state index contributed by atoms with van der Waals surface area (Å²) in [4.78, 5) is 5.07. The number of nitrogen functional groups attached to an aromatic ring is 1. The lowest BCUT2D eigenvalue weighted by molar-refractivity contribution is 0.719. The molecule has 3 heterocycles. The van der Waals surface area contributed by atoms with Crippen molar-refractivity contribution in [2.45, 2.75) is 26.2 Å². The van der Waals surface area contributed by atoms with Gasteiger partial charge in [0.1, 0.15) is 5.01 Å². The summed E-state index contributed by atoms with van der Waals surface area (Å²) in [6.45, 7) is 4.16. The SMILES string of the molecule is CC(C)c1nnc2sc(Cc3csc(N)n3)nn12. The fourth-order valence-corrected chi connectivity index (χ4v) is 3.08. The number of rotatable bonds is 3. The van der Waals surface area contributed by atoms with Gasteiger partial charge in [0.05, 0.1) is 5.69 Å². The Kier molecular flexibility index (Phi) is 2.75. The van der Waals surface area contributed by atoms with Gasteiger partial charge in [0.15, 0.2) is 11.0 Å². The molecule has 0 unspecified atom stereocenters. The van der Waals surface area contributed by atoms with E-state index in [2.05, 4.69) is 34.1 Å². The van der Waals surface area contributed by atoms with Crippen LogP contribution in [-0.2, 0) is 6.42 Å². The van der Waals surface area contributed by atoms with Gasteiger partial charge in [0, 0.05) is 17.7 Å². The smallest absolute Gasteiger partial charge is 0.234 e. The molecule has 0 amide bonds. The number of hydrogen-bond acceptors (Lipinski definition) is 7. The first-order valence-corrected chi connectivity index (χ1v) is 7.24. The molecule has 0 aliphatic heterocycles. The predicted octanol–water partition coefficient (Wildman–Crippen LogP) is 1.94. The standard InChI is InChI=1S/C10H12N6S2/c1-5(2)8-13-14-10-16(8)15-7(18-10)3-6-4-17-9(11)12-6/h4-5H,3H2,1-2H3,(H2,11,12). The van der Waals surface area contributed by atoms with E-state index in [9.17, 15) is 0 Å². The molecule has 3 rings (SSSR count). The van der Waals surface area contributed by atoms with Gasteiger partial charge in [-0.1, -0.05) is 25.2 Å². The van der Waals surface area contributed by atoms with Gasteiger partial charge in [0.25, 0.3) is 0 Å². The Morgan fingerprint density at radius 2 is 2.22 bits per heavy atom. The molecule has 0 aromatic carbocycles. The largest absolute Gasteiger partial charge is 0.375 e. The summed E-state index contributed by atoms with van der Waals surface area (Å²) in [5, 5.41) is 16.3. The van der Waals surface area contributed by atoms with E-state index in [1.165, 1.54) is 11.3 Å². The molecule has 0 spiro atoms. The average molecular weight is 280 g/mol. The zero-order valence-corrected chi connectivity index (χ0v) is 11.6. The molecule has 0 atom stereocenters. The molecule has 0 aliphatic carbocycles. The number of aromatic nitrogens is 5. The summed E-state index contributed by atoms with van der Waals surface area (Å²) >= 11 is 2.99. The highest BCUT2D eigenvalue weighted by molar-refractivity contribution is 7.16. The Labute approximate surface area is 112 Å². The van der Waals surface area contributed by atoms with Gasteiger partial charge in [-0.15, -0.1) is 21.5 Å². The predicted molar refractivity (Wildman–Crippen MR) is 72.1 cm³/mol. The Morgan fingerprint density at radius 3 is 2.89 bits per heavy atom. The Morgan fingerprint density at radius 1 is 1.39 bits per heavy atom. The molecule has 3 aromatic rings. The molecule has 0 saturated heterocycles. The summed E-state index contributed by atoms with van der Waals surface area (Å²) in [5.74, 6) is 1.20. The molecule has 8 heteroatoms. The highest BCUT2D eigenvalue weighted by atomic mass is 32.1. The second-order valence-electron chi connectivity index (χ2n) is 4.26. The maximum Gasteiger partial charge on any atom is 0.234 e. The van der Waals surface area contributed by atoms with Crippen molar-refractivity contribution in [3.8, 4) is 0 Å². The third kappa shape index (κ3) is 1.97. The highest BCUT2D eigenvalue weighted by Crippen LogP contribution is 2.21. The van der Waals surface area contributed by atoms with E-state index >= 15 is 0 Å². The van der Waals surface area contributed by atoms with Crippen LogP contribution in [0.2, 0.25) is 0 Å². The van der Waals surface area contributed by atoms with Crippen molar-refractivity contribution in [2.24, 2.45) is 0 Å². The fourth-order valence-electron chi connectivity index (χ4n) is 1.66. The van der Waals surface area contributed by atoms with Crippen molar-refractivity contribution in [1.82, 2.24) is 24.8 Å². The summed E-state index contributed by atoms with van der Waals surface area (Å²) in [5.41, 5.74) is 6.57. The molecule has 94 valence electrons. The number of nitrogens with zero attached hydrogens (tertiary/aromatic N) is 5. The summed E-state index contributed by atoms with van der Waals surface area (Å²) in [7, 11) is 0. The first-order valence-electron chi connectivity index (χ1n) is 5.54. The second-order valence-corrected chi connectivity index (χ2v) is 6.19. The highest BCUT2D eigenvalue weighted by Gasteiger charge is 2.14. The van der Waals surface area contributed by atoms with Crippen molar-refractivity contribution < 1.29 is 0 Å². The molecular weight excluding hydrogens is 268 g/mol. The first kappa shape index (κ1) is 11.5. The van der Waals surface area contributed by atoms with Crippen molar-refractivity contribution in [1.29, 1.82) is 0 Å². The Balaban J connectivity index is 1.94. The van der Waals surface area contributed by atoms with E-state index in [-0.39, 0.29) is 0 Å². The number of anilines is 1. The zero-order chi connectivity index (χ0) is 12.7. The Bertz CT molecular complexity index is 679. The van der Waals surface area contributed by atoms with E-state index in [1.54, 1.807) is 11.3 Å². The zero-order valence-electron chi connectivity index (χ0n) is 9.99. The van der Waals surface area contributed by atoms with Crippen LogP contribution >= 0.6 is 22.7 Å². The van der Waals surface area contributed by atoms with Gasteiger partial charge in [-0.3, -0.25) is 0 Å². The van der Waals surface area contributed by atoms with Crippen molar-refractivity contribution in [3.05, 3.63) is 21.9 Å². The van der Waals surface area contributed by atoms with Crippen LogP contribution in [0, 0.1) is 0 Å². The van der Waals surface area contributed by atoms with Crippen LogP contribution in [0.25, 0.3) is 4.96 Å². The maximum absolute atomic E-state index is 5.61. The third-order valence-electron chi connectivity index (χ3n) is 2.48. The summed E-state index contributed by atoms with van der Waals surface area (Å²) < 4.78 is 1.82. The topological polar surface area (TPSA) is 82.0 Å². The monoisotopic (exact) mass is 280 g/mol. The lowest BCUT2D eigenvalue weighted by Crippen LogP contribution is -1.99. The quantitative estimate of drug-likeness (QED) is 0.792. The van der Waals surface area contributed by atoms with E-state index in [1.807, 2.05) is 9.90 Å². The number of hydrogen-bond donors (Lipinski definition) is 1.